The van der Waals surface area contributed by atoms with Gasteiger partial charge in [-0.2, -0.15) is 0 Å². The molecule has 1 aromatic heterocycles. The highest BCUT2D eigenvalue weighted by atomic mass is 79.9. The number of nitrogens with zero attached hydrogens (tertiary/aromatic N) is 1. The zero-order chi connectivity index (χ0) is 17.2. The number of carbonyl (C=O) groups excluding carboxylic acids is 3. The molecule has 6 nitrogen and oxygen atoms in total. The molecule has 24 heavy (non-hydrogen) atoms. The SMILES string of the molecule is O=C(CCN1C(=O)NC2(CCCCC2)C1=O)NCc1ccc(Br)s1. The van der Waals surface area contributed by atoms with Gasteiger partial charge >= 0.3 is 6.03 Å². The normalized spacial score (nSPS) is 19.6. The van der Waals surface area contributed by atoms with Crippen LogP contribution in [-0.2, 0) is 16.1 Å². The topological polar surface area (TPSA) is 78.5 Å². The Morgan fingerprint density at radius 2 is 2.04 bits per heavy atom. The van der Waals surface area contributed by atoms with Crippen molar-refractivity contribution in [2.45, 2.75) is 50.6 Å². The lowest BCUT2D eigenvalue weighted by Crippen LogP contribution is -2.48. The molecule has 2 aliphatic rings. The lowest BCUT2D eigenvalue weighted by atomic mass is 9.82. The summed E-state index contributed by atoms with van der Waals surface area (Å²) in [5.41, 5.74) is -0.713. The Bertz CT molecular complexity index is 655. The van der Waals surface area contributed by atoms with Crippen LogP contribution in [-0.4, -0.2) is 34.8 Å². The molecule has 1 aliphatic heterocycles. The first-order valence-corrected chi connectivity index (χ1v) is 9.76. The van der Waals surface area contributed by atoms with Crippen LogP contribution in [0.1, 0.15) is 43.4 Å². The lowest BCUT2D eigenvalue weighted by Gasteiger charge is -2.30. The van der Waals surface area contributed by atoms with Crippen LogP contribution in [0.5, 0.6) is 0 Å². The van der Waals surface area contributed by atoms with E-state index in [0.29, 0.717) is 19.4 Å². The van der Waals surface area contributed by atoms with Crippen molar-refractivity contribution in [3.8, 4) is 0 Å². The Kier molecular flexibility index (Phi) is 5.24. The van der Waals surface area contributed by atoms with Gasteiger partial charge in [-0.25, -0.2) is 4.79 Å². The van der Waals surface area contributed by atoms with Crippen LogP contribution in [0.4, 0.5) is 4.79 Å². The highest BCUT2D eigenvalue weighted by Crippen LogP contribution is 2.33. The van der Waals surface area contributed by atoms with Crippen LogP contribution in [0, 0.1) is 0 Å². The summed E-state index contributed by atoms with van der Waals surface area (Å²) in [5.74, 6) is -0.327. The Morgan fingerprint density at radius 3 is 2.71 bits per heavy atom. The molecule has 1 aromatic rings. The molecule has 130 valence electrons. The van der Waals surface area contributed by atoms with E-state index >= 15 is 0 Å². The average Bonchev–Trinajstić information content (AvgIpc) is 3.07. The number of hydrogen-bond acceptors (Lipinski definition) is 4. The summed E-state index contributed by atoms with van der Waals surface area (Å²) in [7, 11) is 0. The van der Waals surface area contributed by atoms with Crippen molar-refractivity contribution in [3.05, 3.63) is 20.8 Å². The summed E-state index contributed by atoms with van der Waals surface area (Å²) >= 11 is 4.94. The van der Waals surface area contributed by atoms with Gasteiger partial charge in [0.15, 0.2) is 0 Å². The molecule has 4 amide bonds. The van der Waals surface area contributed by atoms with E-state index in [4.69, 9.17) is 0 Å². The van der Waals surface area contributed by atoms with Crippen molar-refractivity contribution < 1.29 is 14.4 Å². The molecule has 1 saturated heterocycles. The molecule has 3 rings (SSSR count). The van der Waals surface area contributed by atoms with E-state index in [9.17, 15) is 14.4 Å². The highest BCUT2D eigenvalue weighted by Gasteiger charge is 2.50. The van der Waals surface area contributed by atoms with E-state index in [-0.39, 0.29) is 30.8 Å². The van der Waals surface area contributed by atoms with Crippen LogP contribution in [0.2, 0.25) is 0 Å². The minimum atomic E-state index is -0.713. The molecule has 8 heteroatoms. The monoisotopic (exact) mass is 413 g/mol. The van der Waals surface area contributed by atoms with E-state index in [1.165, 1.54) is 4.90 Å². The smallest absolute Gasteiger partial charge is 0.325 e. The molecule has 1 spiro atoms. The predicted molar refractivity (Wildman–Crippen MR) is 94.5 cm³/mol. The molecule has 2 heterocycles. The minimum Gasteiger partial charge on any atom is -0.351 e. The van der Waals surface area contributed by atoms with E-state index in [0.717, 1.165) is 27.9 Å². The molecular weight excluding hydrogens is 394 g/mol. The molecule has 2 N–H and O–H groups in total. The lowest BCUT2D eigenvalue weighted by molar-refractivity contribution is -0.132. The maximum absolute atomic E-state index is 12.6. The van der Waals surface area contributed by atoms with E-state index in [2.05, 4.69) is 26.6 Å². The standard InChI is InChI=1S/C16H20BrN3O3S/c17-12-5-4-11(24-12)10-18-13(21)6-9-20-14(22)16(19-15(20)23)7-2-1-3-8-16/h4-5H,1-3,6-10H2,(H,18,21)(H,19,23). The van der Waals surface area contributed by atoms with Gasteiger partial charge in [-0.05, 0) is 40.9 Å². The number of thiophene rings is 1. The molecule has 0 bridgehead atoms. The fraction of sp³-hybridized carbons (Fsp3) is 0.562. The fourth-order valence-corrected chi connectivity index (χ4v) is 4.73. The van der Waals surface area contributed by atoms with Gasteiger partial charge in [-0.3, -0.25) is 14.5 Å². The Labute approximate surface area is 153 Å². The second kappa shape index (κ2) is 7.23. The third kappa shape index (κ3) is 3.64. The van der Waals surface area contributed by atoms with Crippen LogP contribution in [0.15, 0.2) is 15.9 Å². The number of urea groups is 1. The largest absolute Gasteiger partial charge is 0.351 e. The third-order valence-electron chi connectivity index (χ3n) is 4.60. The third-order valence-corrected chi connectivity index (χ3v) is 6.23. The van der Waals surface area contributed by atoms with Gasteiger partial charge in [0.05, 0.1) is 10.3 Å². The van der Waals surface area contributed by atoms with Gasteiger partial charge in [0.25, 0.3) is 5.91 Å². The number of halogens is 1. The van der Waals surface area contributed by atoms with Crippen LogP contribution < -0.4 is 10.6 Å². The fourth-order valence-electron chi connectivity index (χ4n) is 3.31. The van der Waals surface area contributed by atoms with E-state index in [1.807, 2.05) is 12.1 Å². The Hall–Kier alpha value is -1.41. The summed E-state index contributed by atoms with van der Waals surface area (Å²) in [6, 6.07) is 3.51. The van der Waals surface area contributed by atoms with Crippen LogP contribution in [0.3, 0.4) is 0 Å². The number of nitrogens with one attached hydrogen (secondary N) is 2. The first kappa shape index (κ1) is 17.4. The van der Waals surface area contributed by atoms with Crippen molar-refractivity contribution >= 4 is 45.1 Å². The summed E-state index contributed by atoms with van der Waals surface area (Å²) in [6.45, 7) is 0.589. The second-order valence-corrected chi connectivity index (χ2v) is 8.81. The molecule has 0 radical (unpaired) electrons. The summed E-state index contributed by atoms with van der Waals surface area (Å²) in [6.07, 6.45) is 4.54. The quantitative estimate of drug-likeness (QED) is 0.728. The number of rotatable bonds is 5. The van der Waals surface area contributed by atoms with Gasteiger partial charge < -0.3 is 10.6 Å². The van der Waals surface area contributed by atoms with Crippen molar-refractivity contribution in [2.24, 2.45) is 0 Å². The number of carbonyl (C=O) groups is 3. The Morgan fingerprint density at radius 1 is 1.29 bits per heavy atom. The molecule has 0 aromatic carbocycles. The molecule has 2 fully saturated rings. The van der Waals surface area contributed by atoms with Crippen LogP contribution >= 0.6 is 27.3 Å². The average molecular weight is 414 g/mol. The maximum atomic E-state index is 12.6. The zero-order valence-electron chi connectivity index (χ0n) is 13.3. The first-order valence-electron chi connectivity index (χ1n) is 8.15. The predicted octanol–water partition coefficient (Wildman–Crippen LogP) is 2.77. The molecule has 0 unspecified atom stereocenters. The van der Waals surface area contributed by atoms with Crippen molar-refractivity contribution in [3.63, 3.8) is 0 Å². The summed E-state index contributed by atoms with van der Waals surface area (Å²) in [5, 5.41) is 5.67. The number of imide groups is 1. The summed E-state index contributed by atoms with van der Waals surface area (Å²) in [4.78, 5) is 38.9. The van der Waals surface area contributed by atoms with Crippen molar-refractivity contribution in [1.82, 2.24) is 15.5 Å². The molecule has 0 atom stereocenters. The molecular formula is C16H20BrN3O3S. The van der Waals surface area contributed by atoms with Gasteiger partial charge in [0.1, 0.15) is 5.54 Å². The maximum Gasteiger partial charge on any atom is 0.325 e. The molecule has 1 aliphatic carbocycles. The zero-order valence-corrected chi connectivity index (χ0v) is 15.7. The van der Waals surface area contributed by atoms with Gasteiger partial charge in [0.2, 0.25) is 5.91 Å². The summed E-state index contributed by atoms with van der Waals surface area (Å²) < 4.78 is 1.02. The molecule has 1 saturated carbocycles. The van der Waals surface area contributed by atoms with Gasteiger partial charge in [0, 0.05) is 17.8 Å². The minimum absolute atomic E-state index is 0.127. The van der Waals surface area contributed by atoms with Crippen LogP contribution in [0.25, 0.3) is 0 Å². The highest BCUT2D eigenvalue weighted by molar-refractivity contribution is 9.11. The van der Waals surface area contributed by atoms with E-state index in [1.54, 1.807) is 11.3 Å². The number of amides is 4. The van der Waals surface area contributed by atoms with Crippen molar-refractivity contribution in [2.75, 3.05) is 6.54 Å². The second-order valence-electron chi connectivity index (χ2n) is 6.26. The van der Waals surface area contributed by atoms with Crippen molar-refractivity contribution in [1.29, 1.82) is 0 Å². The number of hydrogen-bond donors (Lipinski definition) is 2. The van der Waals surface area contributed by atoms with Gasteiger partial charge in [-0.15, -0.1) is 11.3 Å². The first-order chi connectivity index (χ1) is 11.5. The Balaban J connectivity index is 1.49. The van der Waals surface area contributed by atoms with E-state index < -0.39 is 5.54 Å². The van der Waals surface area contributed by atoms with Gasteiger partial charge in [-0.1, -0.05) is 19.3 Å².